The van der Waals surface area contributed by atoms with Crippen LogP contribution in [0.4, 0.5) is 4.79 Å². The average molecular weight is 344 g/mol. The lowest BCUT2D eigenvalue weighted by atomic mass is 10.2. The van der Waals surface area contributed by atoms with Crippen molar-refractivity contribution in [3.8, 4) is 11.4 Å². The summed E-state index contributed by atoms with van der Waals surface area (Å²) in [6.07, 6.45) is 1.11. The molecule has 2 aromatic heterocycles. The zero-order valence-electron chi connectivity index (χ0n) is 14.0. The SMILES string of the molecule is Cc1ccc2c(c1)cc(-c1ccnc(Cl)n1)n2C(=O)OC(C)(C)C. The van der Waals surface area contributed by atoms with Crippen LogP contribution in [-0.4, -0.2) is 26.2 Å². The van der Waals surface area contributed by atoms with Gasteiger partial charge in [-0.2, -0.15) is 0 Å². The summed E-state index contributed by atoms with van der Waals surface area (Å²) in [6.45, 7) is 7.51. The number of fused-ring (bicyclic) bond motifs is 1. The van der Waals surface area contributed by atoms with Gasteiger partial charge in [-0.3, -0.25) is 0 Å². The smallest absolute Gasteiger partial charge is 0.419 e. The first-order chi connectivity index (χ1) is 11.2. The highest BCUT2D eigenvalue weighted by molar-refractivity contribution is 6.28. The number of carbonyl (C=O) groups excluding carboxylic acids is 1. The summed E-state index contributed by atoms with van der Waals surface area (Å²) in [6, 6.07) is 9.50. The fourth-order valence-electron chi connectivity index (χ4n) is 2.51. The van der Waals surface area contributed by atoms with Crippen molar-refractivity contribution in [1.29, 1.82) is 0 Å². The van der Waals surface area contributed by atoms with Crippen LogP contribution in [0.3, 0.4) is 0 Å². The number of carbonyl (C=O) groups is 1. The third kappa shape index (κ3) is 3.26. The summed E-state index contributed by atoms with van der Waals surface area (Å²) >= 11 is 5.91. The second kappa shape index (κ2) is 5.91. The molecule has 0 unspecified atom stereocenters. The van der Waals surface area contributed by atoms with Gasteiger partial charge in [-0.15, -0.1) is 0 Å². The number of nitrogens with zero attached hydrogens (tertiary/aromatic N) is 3. The number of hydrogen-bond donors (Lipinski definition) is 0. The van der Waals surface area contributed by atoms with E-state index in [4.69, 9.17) is 16.3 Å². The third-order valence-corrected chi connectivity index (χ3v) is 3.60. The van der Waals surface area contributed by atoms with Crippen LogP contribution in [0.15, 0.2) is 36.5 Å². The van der Waals surface area contributed by atoms with Crippen molar-refractivity contribution in [2.45, 2.75) is 33.3 Å². The van der Waals surface area contributed by atoms with E-state index in [1.807, 2.05) is 52.0 Å². The predicted molar refractivity (Wildman–Crippen MR) is 94.3 cm³/mol. The Balaban J connectivity index is 2.24. The number of aryl methyl sites for hydroxylation is 1. The number of rotatable bonds is 1. The maximum absolute atomic E-state index is 12.8. The van der Waals surface area contributed by atoms with Gasteiger partial charge in [0.15, 0.2) is 0 Å². The third-order valence-electron chi connectivity index (χ3n) is 3.42. The molecule has 0 fully saturated rings. The van der Waals surface area contributed by atoms with Crippen LogP contribution < -0.4 is 0 Å². The molecule has 0 N–H and O–H groups in total. The second-order valence-corrected chi connectivity index (χ2v) is 6.96. The molecule has 2 heterocycles. The average Bonchev–Trinajstić information content (AvgIpc) is 2.84. The summed E-state index contributed by atoms with van der Waals surface area (Å²) in [5.41, 5.74) is 2.46. The van der Waals surface area contributed by atoms with Crippen molar-refractivity contribution < 1.29 is 9.53 Å². The first-order valence-corrected chi connectivity index (χ1v) is 7.97. The highest BCUT2D eigenvalue weighted by Gasteiger charge is 2.23. The predicted octanol–water partition coefficient (Wildman–Crippen LogP) is 4.84. The van der Waals surface area contributed by atoms with Crippen molar-refractivity contribution in [1.82, 2.24) is 14.5 Å². The lowest BCUT2D eigenvalue weighted by Gasteiger charge is -2.21. The molecule has 0 aliphatic rings. The molecule has 0 spiro atoms. The molecule has 0 aliphatic heterocycles. The Labute approximate surface area is 145 Å². The molecule has 3 aromatic rings. The van der Waals surface area contributed by atoms with Gasteiger partial charge in [-0.05, 0) is 63.6 Å². The van der Waals surface area contributed by atoms with Gasteiger partial charge < -0.3 is 4.74 Å². The molecule has 0 aliphatic carbocycles. The first kappa shape index (κ1) is 16.5. The molecule has 0 radical (unpaired) electrons. The molecule has 0 saturated heterocycles. The Morgan fingerprint density at radius 2 is 1.96 bits per heavy atom. The van der Waals surface area contributed by atoms with E-state index in [0.717, 1.165) is 16.5 Å². The van der Waals surface area contributed by atoms with E-state index in [9.17, 15) is 4.79 Å². The van der Waals surface area contributed by atoms with E-state index in [1.54, 1.807) is 12.3 Å². The maximum Gasteiger partial charge on any atom is 0.419 e. The Hall–Kier alpha value is -2.40. The van der Waals surface area contributed by atoms with Crippen LogP contribution in [0, 0.1) is 6.92 Å². The van der Waals surface area contributed by atoms with E-state index in [0.29, 0.717) is 11.4 Å². The van der Waals surface area contributed by atoms with Gasteiger partial charge in [0.1, 0.15) is 5.60 Å². The molecule has 24 heavy (non-hydrogen) atoms. The summed E-state index contributed by atoms with van der Waals surface area (Å²) in [7, 11) is 0. The standard InChI is InChI=1S/C18H18ClN3O2/c1-11-5-6-14-12(9-11)10-15(13-7-8-20-16(19)21-13)22(14)17(23)24-18(2,3)4/h5-10H,1-4H3. The Kier molecular flexibility index (Phi) is 4.05. The van der Waals surface area contributed by atoms with Crippen LogP contribution in [0.2, 0.25) is 5.28 Å². The van der Waals surface area contributed by atoms with Crippen LogP contribution in [0.1, 0.15) is 26.3 Å². The van der Waals surface area contributed by atoms with Gasteiger partial charge in [-0.1, -0.05) is 11.6 Å². The van der Waals surface area contributed by atoms with Gasteiger partial charge >= 0.3 is 6.09 Å². The van der Waals surface area contributed by atoms with E-state index >= 15 is 0 Å². The number of hydrogen-bond acceptors (Lipinski definition) is 4. The molecule has 0 bridgehead atoms. The van der Waals surface area contributed by atoms with E-state index < -0.39 is 11.7 Å². The molecule has 5 nitrogen and oxygen atoms in total. The van der Waals surface area contributed by atoms with E-state index in [-0.39, 0.29) is 5.28 Å². The fourth-order valence-corrected chi connectivity index (χ4v) is 2.65. The van der Waals surface area contributed by atoms with Gasteiger partial charge in [0.2, 0.25) is 5.28 Å². The quantitative estimate of drug-likeness (QED) is 0.593. The summed E-state index contributed by atoms with van der Waals surface area (Å²) in [5, 5.41) is 1.07. The highest BCUT2D eigenvalue weighted by atomic mass is 35.5. The number of benzene rings is 1. The summed E-state index contributed by atoms with van der Waals surface area (Å²) < 4.78 is 7.09. The minimum Gasteiger partial charge on any atom is -0.443 e. The molecular weight excluding hydrogens is 326 g/mol. The highest BCUT2D eigenvalue weighted by Crippen LogP contribution is 2.29. The minimum atomic E-state index is -0.598. The number of ether oxygens (including phenoxy) is 1. The topological polar surface area (TPSA) is 57.0 Å². The Morgan fingerprint density at radius 1 is 1.21 bits per heavy atom. The fraction of sp³-hybridized carbons (Fsp3) is 0.278. The molecule has 0 amide bonds. The van der Waals surface area contributed by atoms with Crippen molar-refractivity contribution in [2.24, 2.45) is 0 Å². The lowest BCUT2D eigenvalue weighted by Crippen LogP contribution is -2.27. The van der Waals surface area contributed by atoms with Crippen molar-refractivity contribution in [3.63, 3.8) is 0 Å². The zero-order chi connectivity index (χ0) is 17.5. The van der Waals surface area contributed by atoms with E-state index in [1.165, 1.54) is 4.57 Å². The van der Waals surface area contributed by atoms with Crippen LogP contribution in [0.5, 0.6) is 0 Å². The molecular formula is C18H18ClN3O2. The van der Waals surface area contributed by atoms with Gasteiger partial charge in [0, 0.05) is 11.6 Å². The summed E-state index contributed by atoms with van der Waals surface area (Å²) in [5.74, 6) is 0. The van der Waals surface area contributed by atoms with Crippen molar-refractivity contribution in [3.05, 3.63) is 47.4 Å². The summed E-state index contributed by atoms with van der Waals surface area (Å²) in [4.78, 5) is 20.9. The van der Waals surface area contributed by atoms with Gasteiger partial charge in [-0.25, -0.2) is 19.3 Å². The van der Waals surface area contributed by atoms with Gasteiger partial charge in [0.05, 0.1) is 16.9 Å². The molecule has 3 rings (SSSR count). The molecule has 6 heteroatoms. The monoisotopic (exact) mass is 343 g/mol. The first-order valence-electron chi connectivity index (χ1n) is 7.59. The van der Waals surface area contributed by atoms with Gasteiger partial charge in [0.25, 0.3) is 0 Å². The Morgan fingerprint density at radius 3 is 2.62 bits per heavy atom. The van der Waals surface area contributed by atoms with Crippen LogP contribution in [0.25, 0.3) is 22.3 Å². The van der Waals surface area contributed by atoms with Crippen molar-refractivity contribution >= 4 is 28.6 Å². The lowest BCUT2D eigenvalue weighted by molar-refractivity contribution is 0.0547. The van der Waals surface area contributed by atoms with E-state index in [2.05, 4.69) is 9.97 Å². The van der Waals surface area contributed by atoms with Crippen LogP contribution >= 0.6 is 11.6 Å². The zero-order valence-corrected chi connectivity index (χ0v) is 14.8. The largest absolute Gasteiger partial charge is 0.443 e. The minimum absolute atomic E-state index is 0.129. The number of aromatic nitrogens is 3. The van der Waals surface area contributed by atoms with Crippen molar-refractivity contribution in [2.75, 3.05) is 0 Å². The van der Waals surface area contributed by atoms with Crippen LogP contribution in [-0.2, 0) is 4.74 Å². The molecule has 124 valence electrons. The second-order valence-electron chi connectivity index (χ2n) is 6.62. The molecule has 0 saturated carbocycles. The maximum atomic E-state index is 12.8. The Bertz CT molecular complexity index is 926. The number of halogens is 1. The molecule has 0 atom stereocenters. The molecule has 1 aromatic carbocycles. The normalized spacial score (nSPS) is 11.7.